The minimum Gasteiger partial charge on any atom is -0.385 e. The molecule has 2 aliphatic heterocycles. The van der Waals surface area contributed by atoms with E-state index in [1.54, 1.807) is 18.1 Å². The minimum atomic E-state index is -1.28. The average Bonchev–Trinajstić information content (AvgIpc) is 3.11. The van der Waals surface area contributed by atoms with Gasteiger partial charge in [0.1, 0.15) is 5.82 Å². The van der Waals surface area contributed by atoms with Gasteiger partial charge in [0.05, 0.1) is 5.60 Å². The molecular weight excluding hydrogens is 623 g/mol. The smallest absolute Gasteiger partial charge is 0.317 e. The van der Waals surface area contributed by atoms with Crippen LogP contribution in [0.25, 0.3) is 11.1 Å². The van der Waals surface area contributed by atoms with Gasteiger partial charge in [-0.1, -0.05) is 42.5 Å². The van der Waals surface area contributed by atoms with Gasteiger partial charge in [0.15, 0.2) is 0 Å². The van der Waals surface area contributed by atoms with Crippen LogP contribution in [-0.4, -0.2) is 106 Å². The summed E-state index contributed by atoms with van der Waals surface area (Å²) in [7, 11) is 5.41. The highest BCUT2D eigenvalue weighted by Crippen LogP contribution is 2.44. The molecule has 49 heavy (non-hydrogen) atoms. The number of urea groups is 2. The number of carbonyl (C=O) groups is 2. The van der Waals surface area contributed by atoms with Crippen molar-refractivity contribution >= 4 is 12.1 Å². The number of ether oxygens (including phenoxy) is 1. The first-order chi connectivity index (χ1) is 23.6. The number of aliphatic hydroxyl groups is 1. The Balaban J connectivity index is 0.000000388. The number of rotatable bonds is 14. The van der Waals surface area contributed by atoms with Gasteiger partial charge in [-0.25, -0.2) is 14.0 Å². The number of amides is 4. The zero-order valence-corrected chi connectivity index (χ0v) is 30.4. The monoisotopic (exact) mass is 684 g/mol. The van der Waals surface area contributed by atoms with Gasteiger partial charge in [-0.15, -0.1) is 0 Å². The van der Waals surface area contributed by atoms with E-state index in [1.807, 2.05) is 69.2 Å². The summed E-state index contributed by atoms with van der Waals surface area (Å²) in [6, 6.07) is 14.5. The van der Waals surface area contributed by atoms with Gasteiger partial charge in [0.25, 0.3) is 0 Å². The van der Waals surface area contributed by atoms with E-state index in [0.717, 1.165) is 63.7 Å². The number of methoxy groups -OCH3 is 1. The molecule has 4 rings (SSSR count). The third kappa shape index (κ3) is 12.2. The lowest BCUT2D eigenvalue weighted by atomic mass is 9.72. The standard InChI is InChI=1S/C28H40FN3O3.C10H21N3O/c1-21(19-30-2)31-27(33)32-17-10-13-23(20-32)28(34,16-7-8-18-35-3)24-14-9-15-25(29)26(24)22-11-5-4-6-12-22;1-9(8-11-2)12-10(14)13-6-4-3-5-7-13/h4-6,9,11-12,14-15,21,23,30,34H,7-8,10,13,16-20H2,1-3H3,(H,31,33);9,11H,3-8H2,1-2H3,(H,12,14)/t21-,23+,28-;9-/m00/s1. The number of nitrogens with zero attached hydrogens (tertiary/aromatic N) is 2. The van der Waals surface area contributed by atoms with Crippen LogP contribution in [0.5, 0.6) is 0 Å². The Bertz CT molecular complexity index is 1260. The molecule has 2 aromatic rings. The summed E-state index contributed by atoms with van der Waals surface area (Å²) >= 11 is 0. The van der Waals surface area contributed by atoms with Crippen LogP contribution in [0, 0.1) is 11.7 Å². The summed E-state index contributed by atoms with van der Waals surface area (Å²) in [6.45, 7) is 8.96. The zero-order valence-electron chi connectivity index (χ0n) is 30.4. The van der Waals surface area contributed by atoms with E-state index in [0.29, 0.717) is 43.8 Å². The molecule has 2 saturated heterocycles. The first kappa shape index (κ1) is 40.2. The van der Waals surface area contributed by atoms with Crippen LogP contribution in [0.15, 0.2) is 48.5 Å². The van der Waals surface area contributed by atoms with Crippen molar-refractivity contribution in [2.75, 3.05) is 67.1 Å². The zero-order chi connectivity index (χ0) is 35.6. The van der Waals surface area contributed by atoms with Crippen molar-refractivity contribution in [3.63, 3.8) is 0 Å². The van der Waals surface area contributed by atoms with Crippen molar-refractivity contribution in [3.8, 4) is 11.1 Å². The molecule has 10 nitrogen and oxygen atoms in total. The number of hydrogen-bond donors (Lipinski definition) is 5. The highest BCUT2D eigenvalue weighted by atomic mass is 19.1. The molecule has 5 N–H and O–H groups in total. The molecule has 0 aromatic heterocycles. The lowest BCUT2D eigenvalue weighted by Gasteiger charge is -2.44. The third-order valence-corrected chi connectivity index (χ3v) is 9.49. The van der Waals surface area contributed by atoms with E-state index < -0.39 is 5.60 Å². The summed E-state index contributed by atoms with van der Waals surface area (Å²) in [5, 5.41) is 24.5. The fourth-order valence-corrected chi connectivity index (χ4v) is 6.95. The molecule has 0 aliphatic carbocycles. The molecule has 4 atom stereocenters. The number of hydrogen-bond acceptors (Lipinski definition) is 6. The molecule has 4 amide bonds. The Morgan fingerprint density at radius 1 is 0.878 bits per heavy atom. The van der Waals surface area contributed by atoms with E-state index in [-0.39, 0.29) is 35.9 Å². The number of piperidine rings is 2. The second-order valence-electron chi connectivity index (χ2n) is 13.6. The molecule has 2 aliphatic rings. The summed E-state index contributed by atoms with van der Waals surface area (Å²) < 4.78 is 20.5. The number of likely N-dealkylation sites (N-methyl/N-ethyl adjacent to an activating group) is 2. The van der Waals surface area contributed by atoms with Crippen LogP contribution in [0.3, 0.4) is 0 Å². The van der Waals surface area contributed by atoms with Crippen molar-refractivity contribution < 1.29 is 23.8 Å². The number of carbonyl (C=O) groups excluding carboxylic acids is 2. The Labute approximate surface area is 293 Å². The van der Waals surface area contributed by atoms with Crippen molar-refractivity contribution in [3.05, 3.63) is 59.9 Å². The van der Waals surface area contributed by atoms with Gasteiger partial charge in [0.2, 0.25) is 0 Å². The Morgan fingerprint density at radius 3 is 2.10 bits per heavy atom. The summed E-state index contributed by atoms with van der Waals surface area (Å²) in [5.41, 5.74) is 0.488. The van der Waals surface area contributed by atoms with Crippen molar-refractivity contribution in [2.24, 2.45) is 5.92 Å². The first-order valence-electron chi connectivity index (χ1n) is 18.1. The Hall–Kier alpha value is -3.25. The highest BCUT2D eigenvalue weighted by molar-refractivity contribution is 5.75. The molecule has 0 saturated carbocycles. The van der Waals surface area contributed by atoms with Crippen molar-refractivity contribution in [1.29, 1.82) is 0 Å². The second-order valence-corrected chi connectivity index (χ2v) is 13.6. The SMILES string of the molecule is CNC[C@H](C)NC(=O)N1CCCCC1.CNC[C@H](C)NC(=O)N1CCC[C@@H]([C@@](O)(CCCCOC)c2cccc(F)c2-c2ccccc2)C1. The van der Waals surface area contributed by atoms with Crippen LogP contribution in [0.4, 0.5) is 14.0 Å². The van der Waals surface area contributed by atoms with Gasteiger partial charge in [-0.3, -0.25) is 0 Å². The summed E-state index contributed by atoms with van der Waals surface area (Å²) in [6.07, 6.45) is 7.11. The highest BCUT2D eigenvalue weighted by Gasteiger charge is 2.43. The predicted octanol–water partition coefficient (Wildman–Crippen LogP) is 5.32. The number of halogens is 1. The van der Waals surface area contributed by atoms with Gasteiger partial charge in [-0.05, 0) is 96.5 Å². The maximum atomic E-state index is 15.3. The van der Waals surface area contributed by atoms with Crippen molar-refractivity contribution in [2.45, 2.75) is 82.9 Å². The number of likely N-dealkylation sites (tertiary alicyclic amines) is 2. The van der Waals surface area contributed by atoms with Crippen LogP contribution >= 0.6 is 0 Å². The van der Waals surface area contributed by atoms with E-state index in [4.69, 9.17) is 4.74 Å². The molecule has 2 heterocycles. The predicted molar refractivity (Wildman–Crippen MR) is 195 cm³/mol. The normalized spacial score (nSPS) is 18.8. The molecule has 0 unspecified atom stereocenters. The molecular formula is C38H61FN6O4. The fourth-order valence-electron chi connectivity index (χ4n) is 6.95. The van der Waals surface area contributed by atoms with E-state index in [9.17, 15) is 14.7 Å². The van der Waals surface area contributed by atoms with E-state index in [1.165, 1.54) is 12.5 Å². The van der Waals surface area contributed by atoms with Crippen molar-refractivity contribution in [1.82, 2.24) is 31.1 Å². The first-order valence-corrected chi connectivity index (χ1v) is 18.1. The van der Waals surface area contributed by atoms with Crippen LogP contribution in [0.1, 0.15) is 70.8 Å². The number of unbranched alkanes of at least 4 members (excludes halogenated alkanes) is 1. The quantitative estimate of drug-likeness (QED) is 0.172. The molecule has 11 heteroatoms. The summed E-state index contributed by atoms with van der Waals surface area (Å²) in [5.74, 6) is -0.566. The lowest BCUT2D eigenvalue weighted by Crippen LogP contribution is -2.53. The number of benzene rings is 2. The third-order valence-electron chi connectivity index (χ3n) is 9.49. The van der Waals surface area contributed by atoms with Gasteiger partial charge in [0, 0.05) is 76.6 Å². The molecule has 0 radical (unpaired) electrons. The molecule has 2 fully saturated rings. The van der Waals surface area contributed by atoms with Gasteiger partial charge < -0.3 is 40.9 Å². The molecule has 274 valence electrons. The maximum Gasteiger partial charge on any atom is 0.317 e. The lowest BCUT2D eigenvalue weighted by molar-refractivity contribution is -0.0560. The van der Waals surface area contributed by atoms with Crippen LogP contribution < -0.4 is 21.3 Å². The molecule has 2 aromatic carbocycles. The van der Waals surface area contributed by atoms with Crippen LogP contribution in [0.2, 0.25) is 0 Å². The Kier molecular flexibility index (Phi) is 17.3. The second kappa shape index (κ2) is 21.1. The average molecular weight is 685 g/mol. The van der Waals surface area contributed by atoms with E-state index in [2.05, 4.69) is 21.3 Å². The van der Waals surface area contributed by atoms with Gasteiger partial charge >= 0.3 is 12.1 Å². The van der Waals surface area contributed by atoms with Gasteiger partial charge in [-0.2, -0.15) is 0 Å². The topological polar surface area (TPSA) is 118 Å². The minimum absolute atomic E-state index is 0.00583. The number of nitrogens with one attached hydrogen (secondary N) is 4. The molecule has 0 bridgehead atoms. The maximum absolute atomic E-state index is 15.3. The largest absolute Gasteiger partial charge is 0.385 e. The van der Waals surface area contributed by atoms with E-state index >= 15 is 4.39 Å². The molecule has 0 spiro atoms. The summed E-state index contributed by atoms with van der Waals surface area (Å²) in [4.78, 5) is 28.3. The van der Waals surface area contributed by atoms with Crippen LogP contribution in [-0.2, 0) is 10.3 Å². The fraction of sp³-hybridized carbons (Fsp3) is 0.632. The Morgan fingerprint density at radius 2 is 1.49 bits per heavy atom.